The summed E-state index contributed by atoms with van der Waals surface area (Å²) < 4.78 is 19.4. The number of nitrogens with zero attached hydrogens (tertiary/aromatic N) is 2. The summed E-state index contributed by atoms with van der Waals surface area (Å²) in [5.41, 5.74) is 9.64. The molecule has 0 bridgehead atoms. The highest BCUT2D eigenvalue weighted by atomic mass is 19.1. The van der Waals surface area contributed by atoms with E-state index in [1.54, 1.807) is 13.3 Å². The zero-order valence-corrected chi connectivity index (χ0v) is 20.0. The van der Waals surface area contributed by atoms with Crippen LogP contribution in [0.15, 0.2) is 54.7 Å². The van der Waals surface area contributed by atoms with Gasteiger partial charge in [0.15, 0.2) is 5.75 Å². The fourth-order valence-electron chi connectivity index (χ4n) is 4.32. The maximum absolute atomic E-state index is 13.7. The van der Waals surface area contributed by atoms with Crippen LogP contribution >= 0.6 is 0 Å². The number of likely N-dealkylation sites (N-methyl/N-ethyl adjacent to an activating group) is 1. The number of primary amides is 1. The lowest BCUT2D eigenvalue weighted by atomic mass is 10.0. The average Bonchev–Trinajstić information content (AvgIpc) is 3.34. The zero-order chi connectivity index (χ0) is 25.2. The van der Waals surface area contributed by atoms with E-state index in [0.717, 1.165) is 42.2 Å². The van der Waals surface area contributed by atoms with Crippen LogP contribution in [0.3, 0.4) is 0 Å². The number of carbonyl (C=O) groups is 1. The fraction of sp³-hybridized carbons (Fsp3) is 0.192. The van der Waals surface area contributed by atoms with Crippen molar-refractivity contribution in [2.45, 2.75) is 6.42 Å². The van der Waals surface area contributed by atoms with Gasteiger partial charge in [0.1, 0.15) is 11.5 Å². The number of halogens is 1. The van der Waals surface area contributed by atoms with E-state index in [0.29, 0.717) is 28.9 Å². The van der Waals surface area contributed by atoms with Crippen molar-refractivity contribution < 1.29 is 18.9 Å². The molecule has 4 aromatic rings. The number of amides is 1. The smallest absolute Gasteiger partial charge is 0.351 e. The third-order valence-electron chi connectivity index (χ3n) is 6.14. The highest BCUT2D eigenvalue weighted by molar-refractivity contribution is 6.00. The highest BCUT2D eigenvalue weighted by Crippen LogP contribution is 2.32. The molecule has 0 saturated carbocycles. The van der Waals surface area contributed by atoms with Gasteiger partial charge >= 0.3 is 5.95 Å². The second kappa shape index (κ2) is 9.67. The van der Waals surface area contributed by atoms with E-state index in [1.807, 2.05) is 18.2 Å². The van der Waals surface area contributed by atoms with E-state index in [4.69, 9.17) is 10.5 Å². The Labute approximate surface area is 207 Å². The van der Waals surface area contributed by atoms with Crippen LogP contribution in [0, 0.1) is 5.82 Å². The lowest BCUT2D eigenvalue weighted by Gasteiger charge is -2.23. The minimum Gasteiger partial charge on any atom is -0.493 e. The SMILES string of the molecule is COc1cc(C2=CCCN(C)C2)ccc1Nc1nc(Nc2ccc(F)cc2C(N)=O)c2cc[nH]c2[nH+]1. The molecule has 10 heteroatoms. The third-order valence-corrected chi connectivity index (χ3v) is 6.14. The van der Waals surface area contributed by atoms with Gasteiger partial charge in [-0.25, -0.2) is 9.37 Å². The van der Waals surface area contributed by atoms with Crippen LogP contribution in [0.1, 0.15) is 22.3 Å². The molecule has 1 aliphatic rings. The predicted molar refractivity (Wildman–Crippen MR) is 137 cm³/mol. The Balaban J connectivity index is 1.48. The number of aromatic nitrogens is 3. The lowest BCUT2D eigenvalue weighted by Crippen LogP contribution is -2.24. The number of fused-ring (bicyclic) bond motifs is 1. The quantitative estimate of drug-likeness (QED) is 0.314. The number of ether oxygens (including phenoxy) is 1. The number of nitrogens with two attached hydrogens (primary N) is 1. The molecule has 36 heavy (non-hydrogen) atoms. The molecule has 184 valence electrons. The Morgan fingerprint density at radius 1 is 1.19 bits per heavy atom. The van der Waals surface area contributed by atoms with Crippen LogP contribution in [0.2, 0.25) is 0 Å². The first kappa shape index (κ1) is 23.3. The number of benzene rings is 2. The van der Waals surface area contributed by atoms with E-state index >= 15 is 0 Å². The number of rotatable bonds is 7. The van der Waals surface area contributed by atoms with Crippen LogP contribution in [0.4, 0.5) is 27.5 Å². The summed E-state index contributed by atoms with van der Waals surface area (Å²) in [6.45, 7) is 1.94. The Morgan fingerprint density at radius 2 is 2.03 bits per heavy atom. The largest absolute Gasteiger partial charge is 0.493 e. The Morgan fingerprint density at radius 3 is 2.81 bits per heavy atom. The minimum atomic E-state index is -0.743. The van der Waals surface area contributed by atoms with Crippen LogP contribution in [-0.4, -0.2) is 48.0 Å². The van der Waals surface area contributed by atoms with E-state index in [2.05, 4.69) is 49.7 Å². The van der Waals surface area contributed by atoms with Crippen molar-refractivity contribution in [3.8, 4) is 5.75 Å². The molecular weight excluding hydrogens is 461 g/mol. The first-order chi connectivity index (χ1) is 17.4. The van der Waals surface area contributed by atoms with Crippen LogP contribution < -0.4 is 26.1 Å². The number of hydrogen-bond donors (Lipinski definition) is 4. The Hall–Kier alpha value is -4.44. The molecule has 0 fully saturated rings. The van der Waals surface area contributed by atoms with Crippen molar-refractivity contribution in [2.24, 2.45) is 5.73 Å². The number of carbonyl (C=O) groups excluding carboxylic acids is 1. The van der Waals surface area contributed by atoms with E-state index in [-0.39, 0.29) is 5.56 Å². The fourth-order valence-corrected chi connectivity index (χ4v) is 4.32. The van der Waals surface area contributed by atoms with Gasteiger partial charge in [0.05, 0.1) is 23.7 Å². The minimum absolute atomic E-state index is 0.0303. The molecule has 1 aliphatic heterocycles. The maximum Gasteiger partial charge on any atom is 0.351 e. The number of methoxy groups -OCH3 is 1. The molecule has 2 aromatic carbocycles. The monoisotopic (exact) mass is 488 g/mol. The maximum atomic E-state index is 13.7. The molecule has 9 nitrogen and oxygen atoms in total. The summed E-state index contributed by atoms with van der Waals surface area (Å²) in [6.07, 6.45) is 5.05. The number of nitrogens with one attached hydrogen (secondary N) is 4. The van der Waals surface area contributed by atoms with Gasteiger partial charge < -0.3 is 20.7 Å². The molecule has 0 atom stereocenters. The number of hydrogen-bond acceptors (Lipinski definition) is 6. The topological polar surface area (TPSA) is 122 Å². The standard InChI is InChI=1S/C26H26FN7O2/c1-34-11-3-4-16(14-34)15-5-7-21(22(12-15)36-2)31-26-32-24-18(9-10-29-24)25(33-26)30-20-8-6-17(27)13-19(20)23(28)35/h4-10,12-13H,3,11,14H2,1-2H3,(H2,28,35)(H3,29,30,31,32,33)/p+1. The predicted octanol–water partition coefficient (Wildman–Crippen LogP) is 3.83. The van der Waals surface area contributed by atoms with Gasteiger partial charge in [-0.2, -0.15) is 0 Å². The molecule has 0 unspecified atom stereocenters. The van der Waals surface area contributed by atoms with Crippen molar-refractivity contribution in [3.63, 3.8) is 0 Å². The van der Waals surface area contributed by atoms with Gasteiger partial charge in [0.25, 0.3) is 5.91 Å². The van der Waals surface area contributed by atoms with Crippen molar-refractivity contribution in [1.29, 1.82) is 0 Å². The molecule has 1 amide bonds. The summed E-state index contributed by atoms with van der Waals surface area (Å²) in [7, 11) is 3.74. The summed E-state index contributed by atoms with van der Waals surface area (Å²) in [4.78, 5) is 25.2. The van der Waals surface area contributed by atoms with E-state index in [1.165, 1.54) is 17.7 Å². The summed E-state index contributed by atoms with van der Waals surface area (Å²) in [5, 5.41) is 7.15. The number of H-pyrrole nitrogens is 2. The number of aromatic amines is 2. The first-order valence-electron chi connectivity index (χ1n) is 11.5. The van der Waals surface area contributed by atoms with E-state index < -0.39 is 11.7 Å². The molecule has 3 heterocycles. The van der Waals surface area contributed by atoms with Gasteiger partial charge in [-0.1, -0.05) is 17.1 Å². The molecule has 5 rings (SSSR count). The van der Waals surface area contributed by atoms with E-state index in [9.17, 15) is 9.18 Å². The van der Waals surface area contributed by atoms with Gasteiger partial charge in [0.2, 0.25) is 11.5 Å². The summed E-state index contributed by atoms with van der Waals surface area (Å²) in [6, 6.07) is 11.7. The zero-order valence-electron chi connectivity index (χ0n) is 20.0. The molecule has 0 aliphatic carbocycles. The third kappa shape index (κ3) is 4.71. The average molecular weight is 489 g/mol. The van der Waals surface area contributed by atoms with Crippen molar-refractivity contribution >= 4 is 45.7 Å². The Bertz CT molecular complexity index is 1480. The number of anilines is 4. The molecular formula is C26H27FN7O2+. The van der Waals surface area contributed by atoms with Crippen molar-refractivity contribution in [3.05, 3.63) is 71.7 Å². The molecule has 2 aromatic heterocycles. The van der Waals surface area contributed by atoms with Gasteiger partial charge in [0, 0.05) is 19.3 Å². The summed E-state index contributed by atoms with van der Waals surface area (Å²) >= 11 is 0. The molecule has 6 N–H and O–H groups in total. The molecule has 0 saturated heterocycles. The highest BCUT2D eigenvalue weighted by Gasteiger charge is 2.19. The van der Waals surface area contributed by atoms with Gasteiger partial charge in [-0.15, -0.1) is 0 Å². The normalized spacial score (nSPS) is 13.9. The van der Waals surface area contributed by atoms with Crippen LogP contribution in [0.5, 0.6) is 5.75 Å². The Kier molecular flexibility index (Phi) is 6.26. The van der Waals surface area contributed by atoms with Crippen LogP contribution in [-0.2, 0) is 0 Å². The van der Waals surface area contributed by atoms with Gasteiger partial charge in [-0.05, 0) is 61.0 Å². The lowest BCUT2D eigenvalue weighted by molar-refractivity contribution is -0.333. The van der Waals surface area contributed by atoms with Crippen molar-refractivity contribution in [2.75, 3.05) is 37.9 Å². The molecule has 0 radical (unpaired) electrons. The van der Waals surface area contributed by atoms with Crippen molar-refractivity contribution in [1.82, 2.24) is 14.9 Å². The second-order valence-corrected chi connectivity index (χ2v) is 8.68. The molecule has 0 spiro atoms. The van der Waals surface area contributed by atoms with Gasteiger partial charge in [-0.3, -0.25) is 15.1 Å². The van der Waals surface area contributed by atoms with Crippen LogP contribution in [0.25, 0.3) is 16.6 Å². The first-order valence-corrected chi connectivity index (χ1v) is 11.5. The second-order valence-electron chi connectivity index (χ2n) is 8.68. The summed E-state index contributed by atoms with van der Waals surface area (Å²) in [5.74, 6) is 0.259.